The number of aromatic nitrogens is 4. The molecule has 3 heterocycles. The molecule has 0 bridgehead atoms. The highest BCUT2D eigenvalue weighted by Crippen LogP contribution is 2.22. The minimum absolute atomic E-state index is 0.000133. The minimum atomic E-state index is -0.783. The van der Waals surface area contributed by atoms with Gasteiger partial charge in [0.05, 0.1) is 10.3 Å². The lowest BCUT2D eigenvalue weighted by Crippen LogP contribution is -2.41. The second-order valence-electron chi connectivity index (χ2n) is 6.16. The van der Waals surface area contributed by atoms with Crippen LogP contribution in [0.5, 0.6) is 0 Å². The van der Waals surface area contributed by atoms with Crippen molar-refractivity contribution < 1.29 is 4.92 Å². The highest BCUT2D eigenvalue weighted by atomic mass is 16.6. The van der Waals surface area contributed by atoms with Gasteiger partial charge < -0.3 is 4.57 Å². The molecule has 4 aromatic rings. The highest BCUT2D eigenvalue weighted by Gasteiger charge is 2.21. The van der Waals surface area contributed by atoms with Crippen LogP contribution in [0.25, 0.3) is 16.7 Å². The summed E-state index contributed by atoms with van der Waals surface area (Å²) >= 11 is 0. The summed E-state index contributed by atoms with van der Waals surface area (Å²) in [7, 11) is 0. The lowest BCUT2D eigenvalue weighted by molar-refractivity contribution is -0.384. The molecule has 3 aromatic heterocycles. The number of nitrogens with zero attached hydrogens (tertiary/aromatic N) is 5. The largest absolute Gasteiger partial charge is 0.339 e. The van der Waals surface area contributed by atoms with Crippen LogP contribution >= 0.6 is 0 Å². The van der Waals surface area contributed by atoms with Crippen LogP contribution in [0.2, 0.25) is 0 Å². The molecule has 29 heavy (non-hydrogen) atoms. The Kier molecular flexibility index (Phi) is 4.36. The normalized spacial score (nSPS) is 10.9. The summed E-state index contributed by atoms with van der Waals surface area (Å²) in [5.41, 5.74) is -1.86. The van der Waals surface area contributed by atoms with Crippen molar-refractivity contribution in [3.8, 4) is 5.69 Å². The first-order chi connectivity index (χ1) is 14.0. The van der Waals surface area contributed by atoms with Gasteiger partial charge in [-0.1, -0.05) is 12.1 Å². The van der Waals surface area contributed by atoms with Gasteiger partial charge in [-0.15, -0.1) is 0 Å². The average Bonchev–Trinajstić information content (AvgIpc) is 2.73. The average molecular weight is 391 g/mol. The molecule has 0 saturated heterocycles. The first-order valence-electron chi connectivity index (χ1n) is 8.48. The van der Waals surface area contributed by atoms with Crippen LogP contribution < -0.4 is 16.7 Å². The van der Waals surface area contributed by atoms with Crippen LogP contribution in [-0.4, -0.2) is 23.6 Å². The van der Waals surface area contributed by atoms with Crippen molar-refractivity contribution in [2.24, 2.45) is 0 Å². The minimum Gasteiger partial charge on any atom is -0.335 e. The highest BCUT2D eigenvalue weighted by molar-refractivity contribution is 5.76. The molecule has 0 aliphatic heterocycles. The van der Waals surface area contributed by atoms with Gasteiger partial charge in [0.25, 0.3) is 11.2 Å². The van der Waals surface area contributed by atoms with Gasteiger partial charge >= 0.3 is 5.69 Å². The van der Waals surface area contributed by atoms with Crippen LogP contribution in [0.15, 0.2) is 81.5 Å². The Morgan fingerprint density at radius 2 is 1.69 bits per heavy atom. The third-order valence-electron chi connectivity index (χ3n) is 4.38. The van der Waals surface area contributed by atoms with Crippen molar-refractivity contribution in [3.05, 3.63) is 108 Å². The molecular formula is C19H13N5O5. The number of pyridine rings is 2. The molecule has 4 rings (SSSR count). The van der Waals surface area contributed by atoms with E-state index in [0.29, 0.717) is 0 Å². The van der Waals surface area contributed by atoms with Gasteiger partial charge in [-0.05, 0) is 18.2 Å². The summed E-state index contributed by atoms with van der Waals surface area (Å²) in [4.78, 5) is 52.5. The lowest BCUT2D eigenvalue weighted by Gasteiger charge is -2.14. The van der Waals surface area contributed by atoms with E-state index in [2.05, 4.69) is 4.98 Å². The molecule has 1 aromatic carbocycles. The smallest absolute Gasteiger partial charge is 0.335 e. The maximum atomic E-state index is 13.2. The van der Waals surface area contributed by atoms with Crippen LogP contribution in [0.3, 0.4) is 0 Å². The molecular weight excluding hydrogens is 378 g/mol. The quantitative estimate of drug-likeness (QED) is 0.380. The number of nitro groups is 1. The molecule has 0 unspecified atom stereocenters. The molecule has 0 atom stereocenters. The fourth-order valence-corrected chi connectivity index (χ4v) is 3.04. The van der Waals surface area contributed by atoms with E-state index in [1.165, 1.54) is 59.6 Å². The second kappa shape index (κ2) is 7.00. The van der Waals surface area contributed by atoms with Gasteiger partial charge in [0.15, 0.2) is 11.1 Å². The zero-order valence-electron chi connectivity index (χ0n) is 14.8. The van der Waals surface area contributed by atoms with Crippen molar-refractivity contribution >= 4 is 16.7 Å². The molecule has 0 N–H and O–H groups in total. The first kappa shape index (κ1) is 18.0. The van der Waals surface area contributed by atoms with Gasteiger partial charge in [0, 0.05) is 36.8 Å². The van der Waals surface area contributed by atoms with Gasteiger partial charge in [-0.3, -0.25) is 19.7 Å². The third kappa shape index (κ3) is 3.12. The number of hydrogen-bond acceptors (Lipinski definition) is 6. The Balaban J connectivity index is 2.06. The lowest BCUT2D eigenvalue weighted by atomic mass is 10.2. The summed E-state index contributed by atoms with van der Waals surface area (Å²) in [5, 5.41) is 11.6. The molecule has 10 nitrogen and oxygen atoms in total. The molecule has 0 aliphatic rings. The Morgan fingerprint density at radius 1 is 0.966 bits per heavy atom. The first-order valence-corrected chi connectivity index (χ1v) is 8.48. The van der Waals surface area contributed by atoms with E-state index in [1.54, 1.807) is 12.1 Å². The van der Waals surface area contributed by atoms with E-state index in [-0.39, 0.29) is 34.5 Å². The maximum absolute atomic E-state index is 13.2. The number of para-hydroxylation sites is 2. The molecule has 0 amide bonds. The Bertz CT molecular complexity index is 1410. The third-order valence-corrected chi connectivity index (χ3v) is 4.38. The van der Waals surface area contributed by atoms with E-state index < -0.39 is 16.2 Å². The van der Waals surface area contributed by atoms with Gasteiger partial charge in [-0.25, -0.2) is 18.9 Å². The molecule has 10 heteroatoms. The standard InChI is InChI=1S/C19H13N5O5/c25-13-7-10-21(11-8-13)12-22-18(26)14-4-3-9-20-17(14)23(19(22)27)15-5-1-2-6-16(15)24(28)29/h1-11H,12H2. The number of nitro benzene ring substituents is 1. The van der Waals surface area contributed by atoms with Crippen LogP contribution in [0.4, 0.5) is 5.69 Å². The predicted octanol–water partition coefficient (Wildman–Crippen LogP) is 1.12. The summed E-state index contributed by atoms with van der Waals surface area (Å²) in [6, 6.07) is 11.4. The zero-order chi connectivity index (χ0) is 20.5. The van der Waals surface area contributed by atoms with Crippen molar-refractivity contribution in [1.29, 1.82) is 0 Å². The van der Waals surface area contributed by atoms with Gasteiger partial charge in [0.2, 0.25) is 0 Å². The van der Waals surface area contributed by atoms with Crippen molar-refractivity contribution in [2.45, 2.75) is 6.67 Å². The molecule has 0 aliphatic carbocycles. The SMILES string of the molecule is O=c1ccn(Cn2c(=O)c3cccnc3n(-c3ccccc3[N+](=O)[O-])c2=O)cc1. The van der Waals surface area contributed by atoms with Crippen molar-refractivity contribution in [3.63, 3.8) is 0 Å². The summed E-state index contributed by atoms with van der Waals surface area (Å²) < 4.78 is 3.47. The topological polar surface area (TPSA) is 122 Å². The fraction of sp³-hybridized carbons (Fsp3) is 0.0526. The number of hydrogen-bond donors (Lipinski definition) is 0. The summed E-state index contributed by atoms with van der Waals surface area (Å²) in [6.07, 6.45) is 4.28. The molecule has 0 spiro atoms. The molecule has 0 fully saturated rings. The van der Waals surface area contributed by atoms with E-state index in [0.717, 1.165) is 9.13 Å². The summed E-state index contributed by atoms with van der Waals surface area (Å²) in [5.74, 6) is 0. The Morgan fingerprint density at radius 3 is 2.41 bits per heavy atom. The van der Waals surface area contributed by atoms with Gasteiger partial charge in [-0.2, -0.15) is 0 Å². The number of benzene rings is 1. The fourth-order valence-electron chi connectivity index (χ4n) is 3.04. The van der Waals surface area contributed by atoms with Crippen LogP contribution in [-0.2, 0) is 6.67 Å². The molecule has 0 radical (unpaired) electrons. The maximum Gasteiger partial charge on any atom is 0.339 e. The predicted molar refractivity (Wildman–Crippen MR) is 104 cm³/mol. The van der Waals surface area contributed by atoms with E-state index in [9.17, 15) is 24.5 Å². The van der Waals surface area contributed by atoms with E-state index >= 15 is 0 Å². The Labute approximate surface area is 161 Å². The monoisotopic (exact) mass is 391 g/mol. The Hall–Kier alpha value is -4.34. The zero-order valence-corrected chi connectivity index (χ0v) is 14.8. The van der Waals surface area contributed by atoms with Gasteiger partial charge in [0.1, 0.15) is 12.4 Å². The number of fused-ring (bicyclic) bond motifs is 1. The molecule has 0 saturated carbocycles. The van der Waals surface area contributed by atoms with Crippen LogP contribution in [0.1, 0.15) is 0 Å². The van der Waals surface area contributed by atoms with E-state index in [1.807, 2.05) is 0 Å². The van der Waals surface area contributed by atoms with Crippen molar-refractivity contribution in [1.82, 2.24) is 18.7 Å². The van der Waals surface area contributed by atoms with E-state index in [4.69, 9.17) is 0 Å². The number of rotatable bonds is 4. The second-order valence-corrected chi connectivity index (χ2v) is 6.16. The summed E-state index contributed by atoms with van der Waals surface area (Å²) in [6.45, 7) is -0.177. The van der Waals surface area contributed by atoms with Crippen LogP contribution in [0, 0.1) is 10.1 Å². The van der Waals surface area contributed by atoms with Crippen molar-refractivity contribution in [2.75, 3.05) is 0 Å². The molecule has 144 valence electrons.